The number of hydrogen-bond acceptors (Lipinski definition) is 5. The van der Waals surface area contributed by atoms with E-state index in [2.05, 4.69) is 0 Å². The van der Waals surface area contributed by atoms with Gasteiger partial charge in [0.25, 0.3) is 0 Å². The van der Waals surface area contributed by atoms with E-state index in [4.69, 9.17) is 10.5 Å². The van der Waals surface area contributed by atoms with E-state index in [1.165, 1.54) is 7.05 Å². The molecular weight excluding hydrogens is 260 g/mol. The smallest absolute Gasteiger partial charge is 0.305 e. The number of aryl methyl sites for hydroxylation is 1. The lowest BCUT2D eigenvalue weighted by Crippen LogP contribution is -2.23. The second-order valence-corrected chi connectivity index (χ2v) is 4.09. The molecule has 1 aromatic carbocycles. The van der Waals surface area contributed by atoms with Gasteiger partial charge in [0.15, 0.2) is 5.92 Å². The Morgan fingerprint density at radius 1 is 1.30 bits per heavy atom. The molecule has 1 heterocycles. The molecule has 7 nitrogen and oxygen atoms in total. The average molecular weight is 268 g/mol. The summed E-state index contributed by atoms with van der Waals surface area (Å²) in [5.74, 6) is -1.37. The summed E-state index contributed by atoms with van der Waals surface area (Å²) >= 11 is 0. The van der Waals surface area contributed by atoms with Crippen molar-refractivity contribution in [2.45, 2.75) is 5.92 Å². The largest absolute Gasteiger partial charge is 0.340 e. The molecule has 2 aromatic rings. The van der Waals surface area contributed by atoms with Gasteiger partial charge in [0.05, 0.1) is 28.1 Å². The van der Waals surface area contributed by atoms with Crippen LogP contribution >= 0.6 is 0 Å². The van der Waals surface area contributed by atoms with E-state index in [9.17, 15) is 14.9 Å². The molecule has 1 aromatic heterocycles. The molecule has 20 heavy (non-hydrogen) atoms. The standard InChI is InChI=1S/C13H8N4O3/c1-16-10-5-3-2-4-9(10)11(8(6-14)7-15)12(13(16)18)17(19)20/h2-5,8H,1H3. The number of para-hydroxylation sites is 1. The number of hydrogen-bond donors (Lipinski definition) is 0. The molecule has 0 radical (unpaired) electrons. The van der Waals surface area contributed by atoms with E-state index in [0.29, 0.717) is 10.9 Å². The number of fused-ring (bicyclic) bond motifs is 1. The second-order valence-electron chi connectivity index (χ2n) is 4.09. The first-order valence-corrected chi connectivity index (χ1v) is 5.58. The lowest BCUT2D eigenvalue weighted by atomic mass is 9.96. The Labute approximate surface area is 113 Å². The summed E-state index contributed by atoms with van der Waals surface area (Å²) in [5, 5.41) is 29.5. The minimum atomic E-state index is -1.37. The summed E-state index contributed by atoms with van der Waals surface area (Å²) in [6.07, 6.45) is 0. The van der Waals surface area contributed by atoms with Crippen LogP contribution in [-0.2, 0) is 7.05 Å². The van der Waals surface area contributed by atoms with Crippen molar-refractivity contribution >= 4 is 16.6 Å². The molecular formula is C13H8N4O3. The third-order valence-corrected chi connectivity index (χ3v) is 3.05. The van der Waals surface area contributed by atoms with Crippen LogP contribution in [0.5, 0.6) is 0 Å². The van der Waals surface area contributed by atoms with Crippen LogP contribution in [0.15, 0.2) is 29.1 Å². The molecule has 0 amide bonds. The van der Waals surface area contributed by atoms with Crippen molar-refractivity contribution < 1.29 is 4.92 Å². The monoisotopic (exact) mass is 268 g/mol. The van der Waals surface area contributed by atoms with Gasteiger partial charge in [-0.25, -0.2) is 0 Å². The maximum Gasteiger partial charge on any atom is 0.340 e. The van der Waals surface area contributed by atoms with Gasteiger partial charge in [0, 0.05) is 12.4 Å². The Morgan fingerprint density at radius 3 is 2.45 bits per heavy atom. The van der Waals surface area contributed by atoms with Crippen molar-refractivity contribution in [2.75, 3.05) is 0 Å². The fourth-order valence-electron chi connectivity index (χ4n) is 2.13. The predicted octanol–water partition coefficient (Wildman–Crippen LogP) is 1.58. The molecule has 98 valence electrons. The third kappa shape index (κ3) is 1.78. The number of pyridine rings is 1. The van der Waals surface area contributed by atoms with Gasteiger partial charge in [-0.3, -0.25) is 14.9 Å². The minimum absolute atomic E-state index is 0.140. The predicted molar refractivity (Wildman–Crippen MR) is 69.8 cm³/mol. The molecule has 0 N–H and O–H groups in total. The van der Waals surface area contributed by atoms with Crippen LogP contribution in [-0.4, -0.2) is 9.49 Å². The van der Waals surface area contributed by atoms with E-state index in [1.807, 2.05) is 0 Å². The van der Waals surface area contributed by atoms with Gasteiger partial charge in [-0.2, -0.15) is 10.5 Å². The molecule has 0 fully saturated rings. The van der Waals surface area contributed by atoms with Gasteiger partial charge >= 0.3 is 11.2 Å². The van der Waals surface area contributed by atoms with Gasteiger partial charge in [0.1, 0.15) is 0 Å². The van der Waals surface area contributed by atoms with Gasteiger partial charge in [-0.05, 0) is 6.07 Å². The Morgan fingerprint density at radius 2 is 1.90 bits per heavy atom. The number of rotatable bonds is 2. The fourth-order valence-corrected chi connectivity index (χ4v) is 2.13. The lowest BCUT2D eigenvalue weighted by molar-refractivity contribution is -0.387. The van der Waals surface area contributed by atoms with Crippen molar-refractivity contribution in [2.24, 2.45) is 7.05 Å². The summed E-state index contributed by atoms with van der Waals surface area (Å²) in [5.41, 5.74) is -1.26. The number of nitriles is 2. The molecule has 0 atom stereocenters. The molecule has 0 saturated carbocycles. The van der Waals surface area contributed by atoms with Crippen LogP contribution in [0, 0.1) is 32.8 Å². The second kappa shape index (κ2) is 4.82. The Balaban J connectivity index is 3.11. The van der Waals surface area contributed by atoms with Crippen LogP contribution < -0.4 is 5.56 Å². The van der Waals surface area contributed by atoms with Gasteiger partial charge in [-0.1, -0.05) is 18.2 Å². The number of nitro groups is 1. The molecule has 2 rings (SSSR count). The van der Waals surface area contributed by atoms with Crippen molar-refractivity contribution in [3.8, 4) is 12.1 Å². The summed E-state index contributed by atoms with van der Waals surface area (Å²) < 4.78 is 1.14. The Kier molecular flexibility index (Phi) is 3.20. The Bertz CT molecular complexity index is 841. The van der Waals surface area contributed by atoms with Crippen LogP contribution in [0.3, 0.4) is 0 Å². The van der Waals surface area contributed by atoms with Gasteiger partial charge in [-0.15, -0.1) is 0 Å². The highest BCUT2D eigenvalue weighted by Gasteiger charge is 2.30. The SMILES string of the molecule is Cn1c(=O)c([N+](=O)[O-])c(C(C#N)C#N)c2ccccc21. The number of aromatic nitrogens is 1. The van der Waals surface area contributed by atoms with E-state index >= 15 is 0 Å². The summed E-state index contributed by atoms with van der Waals surface area (Å²) in [6, 6.07) is 9.84. The van der Waals surface area contributed by atoms with Crippen molar-refractivity contribution in [1.29, 1.82) is 10.5 Å². The molecule has 0 saturated heterocycles. The first-order chi connectivity index (χ1) is 9.52. The van der Waals surface area contributed by atoms with Gasteiger partial charge in [0.2, 0.25) is 0 Å². The fraction of sp³-hybridized carbons (Fsp3) is 0.154. The minimum Gasteiger partial charge on any atom is -0.305 e. The van der Waals surface area contributed by atoms with Crippen molar-refractivity contribution in [1.82, 2.24) is 4.57 Å². The van der Waals surface area contributed by atoms with Crippen molar-refractivity contribution in [3.05, 3.63) is 50.3 Å². The highest BCUT2D eigenvalue weighted by molar-refractivity contribution is 5.87. The van der Waals surface area contributed by atoms with E-state index in [1.54, 1.807) is 36.4 Å². The quantitative estimate of drug-likeness (QED) is 0.606. The van der Waals surface area contributed by atoms with Crippen molar-refractivity contribution in [3.63, 3.8) is 0 Å². The van der Waals surface area contributed by atoms with E-state index in [-0.39, 0.29) is 5.56 Å². The summed E-state index contributed by atoms with van der Waals surface area (Å²) in [7, 11) is 1.41. The summed E-state index contributed by atoms with van der Waals surface area (Å²) in [4.78, 5) is 22.4. The normalized spacial score (nSPS) is 10.2. The van der Waals surface area contributed by atoms with Crippen LogP contribution in [0.25, 0.3) is 10.9 Å². The zero-order chi connectivity index (χ0) is 14.9. The summed E-state index contributed by atoms with van der Waals surface area (Å²) in [6.45, 7) is 0. The molecule has 7 heteroatoms. The third-order valence-electron chi connectivity index (χ3n) is 3.05. The zero-order valence-corrected chi connectivity index (χ0v) is 10.4. The average Bonchev–Trinajstić information content (AvgIpc) is 2.45. The van der Waals surface area contributed by atoms with Crippen LogP contribution in [0.2, 0.25) is 0 Å². The number of benzene rings is 1. The maximum absolute atomic E-state index is 12.1. The van der Waals surface area contributed by atoms with Gasteiger partial charge < -0.3 is 4.57 Å². The Hall–Kier alpha value is -3.19. The lowest BCUT2D eigenvalue weighted by Gasteiger charge is -2.10. The van der Waals surface area contributed by atoms with E-state index in [0.717, 1.165) is 4.57 Å². The molecule has 0 unspecified atom stereocenters. The molecule has 0 bridgehead atoms. The van der Waals surface area contributed by atoms with Crippen LogP contribution in [0.1, 0.15) is 11.5 Å². The highest BCUT2D eigenvalue weighted by Crippen LogP contribution is 2.30. The molecule has 0 aliphatic rings. The molecule has 0 aliphatic heterocycles. The number of nitrogens with zero attached hydrogens (tertiary/aromatic N) is 4. The maximum atomic E-state index is 12.1. The zero-order valence-electron chi connectivity index (χ0n) is 10.4. The molecule has 0 aliphatic carbocycles. The van der Waals surface area contributed by atoms with E-state index < -0.39 is 22.1 Å². The first-order valence-electron chi connectivity index (χ1n) is 5.58. The first kappa shape index (κ1) is 13.2. The molecule has 0 spiro atoms. The topological polar surface area (TPSA) is 113 Å². The highest BCUT2D eigenvalue weighted by atomic mass is 16.6. The van der Waals surface area contributed by atoms with Crippen LogP contribution in [0.4, 0.5) is 5.69 Å².